The molecule has 1 aliphatic rings. The van der Waals surface area contributed by atoms with Gasteiger partial charge in [0.05, 0.1) is 0 Å². The summed E-state index contributed by atoms with van der Waals surface area (Å²) >= 11 is 7.18. The number of aromatic nitrogens is 2. The Labute approximate surface area is 141 Å². The van der Waals surface area contributed by atoms with Crippen molar-refractivity contribution in [3.63, 3.8) is 0 Å². The third-order valence-corrected chi connectivity index (χ3v) is 5.06. The summed E-state index contributed by atoms with van der Waals surface area (Å²) in [4.78, 5) is 23.5. The van der Waals surface area contributed by atoms with Crippen molar-refractivity contribution >= 4 is 39.9 Å². The summed E-state index contributed by atoms with van der Waals surface area (Å²) in [5.74, 6) is -1.59. The summed E-state index contributed by atoms with van der Waals surface area (Å²) in [5, 5.41) is 21.5. The van der Waals surface area contributed by atoms with Crippen molar-refractivity contribution < 1.29 is 14.7 Å². The number of rotatable bonds is 5. The van der Waals surface area contributed by atoms with Crippen LogP contribution in [0.4, 0.5) is 5.13 Å². The van der Waals surface area contributed by atoms with Gasteiger partial charge in [-0.3, -0.25) is 14.9 Å². The van der Waals surface area contributed by atoms with E-state index in [-0.39, 0.29) is 0 Å². The summed E-state index contributed by atoms with van der Waals surface area (Å²) in [6.07, 6.45) is 2.03. The third-order valence-electron chi connectivity index (χ3n) is 3.98. The number of amides is 1. The van der Waals surface area contributed by atoms with E-state index in [9.17, 15) is 14.7 Å². The maximum atomic E-state index is 12.2. The molecule has 1 fully saturated rings. The van der Waals surface area contributed by atoms with Crippen LogP contribution < -0.4 is 5.32 Å². The fourth-order valence-corrected chi connectivity index (χ4v) is 3.46. The standard InChI is InChI=1S/C15H14ClN3O3S/c16-10-4-1-3-9(7-10)8-11-18-19-14(23-11)17-12(20)15(13(21)22)5-2-6-15/h1,3-4,7H,2,5-6,8H2,(H,21,22)(H,17,19,20). The smallest absolute Gasteiger partial charge is 0.319 e. The van der Waals surface area contributed by atoms with E-state index in [1.165, 1.54) is 11.3 Å². The van der Waals surface area contributed by atoms with E-state index in [0.29, 0.717) is 29.4 Å². The molecule has 1 aliphatic carbocycles. The second kappa shape index (κ2) is 6.25. The maximum Gasteiger partial charge on any atom is 0.319 e. The zero-order valence-corrected chi connectivity index (χ0v) is 13.7. The number of anilines is 1. The maximum absolute atomic E-state index is 12.2. The summed E-state index contributed by atoms with van der Waals surface area (Å²) in [5.41, 5.74) is -0.314. The van der Waals surface area contributed by atoms with Gasteiger partial charge in [-0.05, 0) is 30.5 Å². The molecule has 0 unspecified atom stereocenters. The number of carboxylic acids is 1. The first-order chi connectivity index (χ1) is 11.0. The highest BCUT2D eigenvalue weighted by atomic mass is 35.5. The number of carbonyl (C=O) groups is 2. The van der Waals surface area contributed by atoms with E-state index in [1.807, 2.05) is 18.2 Å². The lowest BCUT2D eigenvalue weighted by Crippen LogP contribution is -2.48. The number of halogens is 1. The highest BCUT2D eigenvalue weighted by Gasteiger charge is 2.51. The zero-order valence-electron chi connectivity index (χ0n) is 12.1. The lowest BCUT2D eigenvalue weighted by Gasteiger charge is -2.35. The quantitative estimate of drug-likeness (QED) is 0.808. The Kier molecular flexibility index (Phi) is 4.32. The second-order valence-electron chi connectivity index (χ2n) is 5.50. The Morgan fingerprint density at radius 1 is 1.35 bits per heavy atom. The first kappa shape index (κ1) is 15.9. The van der Waals surface area contributed by atoms with Crippen LogP contribution in [-0.2, 0) is 16.0 Å². The minimum Gasteiger partial charge on any atom is -0.480 e. The lowest BCUT2D eigenvalue weighted by atomic mass is 9.68. The van der Waals surface area contributed by atoms with Crippen LogP contribution in [-0.4, -0.2) is 27.2 Å². The predicted molar refractivity (Wildman–Crippen MR) is 86.7 cm³/mol. The van der Waals surface area contributed by atoms with Gasteiger partial charge in [0.1, 0.15) is 10.4 Å². The van der Waals surface area contributed by atoms with Gasteiger partial charge in [0.15, 0.2) is 0 Å². The molecule has 0 atom stereocenters. The molecule has 120 valence electrons. The fraction of sp³-hybridized carbons (Fsp3) is 0.333. The van der Waals surface area contributed by atoms with E-state index < -0.39 is 17.3 Å². The van der Waals surface area contributed by atoms with Gasteiger partial charge in [-0.25, -0.2) is 0 Å². The van der Waals surface area contributed by atoms with Gasteiger partial charge in [0.2, 0.25) is 11.0 Å². The molecule has 0 aliphatic heterocycles. The van der Waals surface area contributed by atoms with Crippen LogP contribution in [0.25, 0.3) is 0 Å². The normalized spacial score (nSPS) is 15.7. The van der Waals surface area contributed by atoms with E-state index in [0.717, 1.165) is 17.0 Å². The SMILES string of the molecule is O=C(O)C1(C(=O)Nc2nnc(Cc3cccc(Cl)c3)s2)CCC1. The Balaban J connectivity index is 1.68. The Hall–Kier alpha value is -1.99. The van der Waals surface area contributed by atoms with Crippen LogP contribution in [0, 0.1) is 5.41 Å². The molecule has 0 bridgehead atoms. The lowest BCUT2D eigenvalue weighted by molar-refractivity contribution is -0.159. The van der Waals surface area contributed by atoms with Crippen molar-refractivity contribution in [3.8, 4) is 0 Å². The van der Waals surface area contributed by atoms with Crippen molar-refractivity contribution in [1.29, 1.82) is 0 Å². The largest absolute Gasteiger partial charge is 0.480 e. The van der Waals surface area contributed by atoms with Crippen molar-refractivity contribution in [3.05, 3.63) is 39.9 Å². The third kappa shape index (κ3) is 3.20. The molecule has 1 heterocycles. The van der Waals surface area contributed by atoms with Gasteiger partial charge < -0.3 is 5.11 Å². The molecule has 1 amide bonds. The monoisotopic (exact) mass is 351 g/mol. The van der Waals surface area contributed by atoms with Crippen LogP contribution in [0.2, 0.25) is 5.02 Å². The van der Waals surface area contributed by atoms with Gasteiger partial charge in [-0.1, -0.05) is 41.5 Å². The van der Waals surface area contributed by atoms with E-state index in [4.69, 9.17) is 11.6 Å². The first-order valence-corrected chi connectivity index (χ1v) is 8.31. The first-order valence-electron chi connectivity index (χ1n) is 7.11. The summed E-state index contributed by atoms with van der Waals surface area (Å²) in [6, 6.07) is 7.42. The zero-order chi connectivity index (χ0) is 16.4. The average Bonchev–Trinajstić information content (AvgIpc) is 2.84. The number of hydrogen-bond acceptors (Lipinski definition) is 5. The molecular formula is C15H14ClN3O3S. The molecule has 1 aromatic carbocycles. The molecule has 23 heavy (non-hydrogen) atoms. The Morgan fingerprint density at radius 2 is 2.13 bits per heavy atom. The number of aliphatic carboxylic acids is 1. The minimum absolute atomic E-state index is 0.319. The highest BCUT2D eigenvalue weighted by molar-refractivity contribution is 7.15. The minimum atomic E-state index is -1.31. The van der Waals surface area contributed by atoms with E-state index in [1.54, 1.807) is 6.07 Å². The van der Waals surface area contributed by atoms with Crippen LogP contribution >= 0.6 is 22.9 Å². The Bertz CT molecular complexity index is 758. The number of hydrogen-bond donors (Lipinski definition) is 2. The summed E-state index contributed by atoms with van der Waals surface area (Å²) < 4.78 is 0. The predicted octanol–water partition coefficient (Wildman–Crippen LogP) is 2.98. The molecule has 0 radical (unpaired) electrons. The molecule has 2 N–H and O–H groups in total. The van der Waals surface area contributed by atoms with Crippen LogP contribution in [0.1, 0.15) is 29.8 Å². The van der Waals surface area contributed by atoms with Gasteiger partial charge in [-0.15, -0.1) is 10.2 Å². The van der Waals surface area contributed by atoms with E-state index >= 15 is 0 Å². The van der Waals surface area contributed by atoms with Gasteiger partial charge in [0, 0.05) is 11.4 Å². The van der Waals surface area contributed by atoms with E-state index in [2.05, 4.69) is 15.5 Å². The van der Waals surface area contributed by atoms with Crippen molar-refractivity contribution in [1.82, 2.24) is 10.2 Å². The summed E-state index contributed by atoms with van der Waals surface area (Å²) in [6.45, 7) is 0. The van der Waals surface area contributed by atoms with Crippen LogP contribution in [0.15, 0.2) is 24.3 Å². The molecular weight excluding hydrogens is 338 g/mol. The molecule has 8 heteroatoms. The number of carboxylic acid groups (broad SMARTS) is 1. The molecule has 6 nitrogen and oxygen atoms in total. The van der Waals surface area contributed by atoms with Crippen molar-refractivity contribution in [2.45, 2.75) is 25.7 Å². The number of carbonyl (C=O) groups excluding carboxylic acids is 1. The van der Waals surface area contributed by atoms with Gasteiger partial charge in [0.25, 0.3) is 0 Å². The highest BCUT2D eigenvalue weighted by Crippen LogP contribution is 2.42. The number of nitrogens with one attached hydrogen (secondary N) is 1. The number of benzene rings is 1. The van der Waals surface area contributed by atoms with Crippen molar-refractivity contribution in [2.24, 2.45) is 5.41 Å². The molecule has 1 saturated carbocycles. The van der Waals surface area contributed by atoms with Crippen LogP contribution in [0.3, 0.4) is 0 Å². The van der Waals surface area contributed by atoms with Gasteiger partial charge >= 0.3 is 5.97 Å². The van der Waals surface area contributed by atoms with Crippen LogP contribution in [0.5, 0.6) is 0 Å². The molecule has 3 rings (SSSR count). The Morgan fingerprint density at radius 3 is 2.74 bits per heavy atom. The molecule has 0 saturated heterocycles. The average molecular weight is 352 g/mol. The number of nitrogens with zero attached hydrogens (tertiary/aromatic N) is 2. The van der Waals surface area contributed by atoms with Crippen molar-refractivity contribution in [2.75, 3.05) is 5.32 Å². The molecule has 1 aromatic heterocycles. The molecule has 0 spiro atoms. The second-order valence-corrected chi connectivity index (χ2v) is 7.00. The fourth-order valence-electron chi connectivity index (χ4n) is 2.48. The molecule has 2 aromatic rings. The topological polar surface area (TPSA) is 92.2 Å². The van der Waals surface area contributed by atoms with Gasteiger partial charge in [-0.2, -0.15) is 0 Å². The summed E-state index contributed by atoms with van der Waals surface area (Å²) in [7, 11) is 0.